The van der Waals surface area contributed by atoms with Crippen molar-refractivity contribution < 1.29 is 13.9 Å². The molecule has 1 aliphatic heterocycles. The lowest BCUT2D eigenvalue weighted by atomic mass is 10.1. The monoisotopic (exact) mass is 344 g/mol. The largest absolute Gasteiger partial charge is 0.494 e. The van der Waals surface area contributed by atoms with Gasteiger partial charge in [-0.2, -0.15) is 5.10 Å². The zero-order chi connectivity index (χ0) is 18.0. The Kier molecular flexibility index (Phi) is 4.83. The second kappa shape index (κ2) is 7.04. The Bertz CT molecular complexity index is 764. The van der Waals surface area contributed by atoms with Gasteiger partial charge in [-0.3, -0.25) is 4.79 Å². The molecule has 1 amide bonds. The fourth-order valence-corrected chi connectivity index (χ4v) is 3.06. The standard InChI is InChI=1S/C18H21FN4O2/c1-22(2)16-10-9-13(20-21-16)14-7-5-11-23(14)18(24)12-6-4-8-15(25-3)17(12)19/h4,6,8-10,14H,5,7,11H2,1-3H3. The number of benzene rings is 1. The molecule has 1 aliphatic rings. The molecule has 0 aliphatic carbocycles. The summed E-state index contributed by atoms with van der Waals surface area (Å²) in [5.74, 6) is -0.165. The first-order valence-corrected chi connectivity index (χ1v) is 8.17. The minimum absolute atomic E-state index is 0.0177. The minimum atomic E-state index is -0.630. The number of aromatic nitrogens is 2. The fourth-order valence-electron chi connectivity index (χ4n) is 3.06. The van der Waals surface area contributed by atoms with Crippen LogP contribution in [0.3, 0.4) is 0 Å². The summed E-state index contributed by atoms with van der Waals surface area (Å²) in [6.07, 6.45) is 1.63. The van der Waals surface area contributed by atoms with Crippen LogP contribution in [0.15, 0.2) is 30.3 Å². The number of amides is 1. The maximum absolute atomic E-state index is 14.4. The molecule has 132 valence electrons. The van der Waals surface area contributed by atoms with Gasteiger partial charge in [-0.1, -0.05) is 6.07 Å². The smallest absolute Gasteiger partial charge is 0.257 e. The van der Waals surface area contributed by atoms with E-state index in [2.05, 4.69) is 10.2 Å². The second-order valence-electron chi connectivity index (χ2n) is 6.19. The van der Waals surface area contributed by atoms with Crippen LogP contribution in [-0.4, -0.2) is 48.8 Å². The molecule has 2 aromatic rings. The number of halogens is 1. The number of hydrogen-bond acceptors (Lipinski definition) is 5. The van der Waals surface area contributed by atoms with E-state index in [1.165, 1.54) is 19.2 Å². The van der Waals surface area contributed by atoms with Crippen LogP contribution in [0, 0.1) is 5.82 Å². The number of carbonyl (C=O) groups excluding carboxylic acids is 1. The predicted octanol–water partition coefficient (Wildman–Crippen LogP) is 2.67. The van der Waals surface area contributed by atoms with Crippen LogP contribution < -0.4 is 9.64 Å². The van der Waals surface area contributed by atoms with E-state index in [4.69, 9.17) is 4.74 Å². The molecule has 0 N–H and O–H groups in total. The van der Waals surface area contributed by atoms with Gasteiger partial charge >= 0.3 is 0 Å². The van der Waals surface area contributed by atoms with Gasteiger partial charge in [0.1, 0.15) is 0 Å². The Morgan fingerprint density at radius 1 is 1.28 bits per heavy atom. The number of anilines is 1. The van der Waals surface area contributed by atoms with Crippen LogP contribution in [0.5, 0.6) is 5.75 Å². The summed E-state index contributed by atoms with van der Waals surface area (Å²) in [5.41, 5.74) is 0.740. The third-order valence-electron chi connectivity index (χ3n) is 4.40. The summed E-state index contributed by atoms with van der Waals surface area (Å²) < 4.78 is 19.4. The number of ether oxygens (including phenoxy) is 1. The first-order chi connectivity index (χ1) is 12.0. The molecule has 1 atom stereocenters. The van der Waals surface area contributed by atoms with Crippen molar-refractivity contribution in [2.75, 3.05) is 32.6 Å². The molecule has 0 spiro atoms. The number of likely N-dealkylation sites (tertiary alicyclic amines) is 1. The van der Waals surface area contributed by atoms with Crippen molar-refractivity contribution in [1.82, 2.24) is 15.1 Å². The van der Waals surface area contributed by atoms with Crippen molar-refractivity contribution in [3.05, 3.63) is 47.4 Å². The van der Waals surface area contributed by atoms with Crippen LogP contribution in [0.4, 0.5) is 10.2 Å². The molecule has 25 heavy (non-hydrogen) atoms. The molecule has 0 saturated carbocycles. The Balaban J connectivity index is 1.87. The molecule has 1 aromatic carbocycles. The third kappa shape index (κ3) is 3.26. The minimum Gasteiger partial charge on any atom is -0.494 e. The first-order valence-electron chi connectivity index (χ1n) is 8.17. The first kappa shape index (κ1) is 17.1. The zero-order valence-corrected chi connectivity index (χ0v) is 14.6. The number of nitrogens with zero attached hydrogens (tertiary/aromatic N) is 4. The maximum Gasteiger partial charge on any atom is 0.257 e. The molecule has 1 aromatic heterocycles. The molecule has 0 radical (unpaired) electrons. The van der Waals surface area contributed by atoms with Crippen LogP contribution in [0.1, 0.15) is 34.9 Å². The molecule has 1 fully saturated rings. The molecule has 6 nitrogen and oxygen atoms in total. The van der Waals surface area contributed by atoms with Crippen LogP contribution >= 0.6 is 0 Å². The lowest BCUT2D eigenvalue weighted by Gasteiger charge is -2.24. The highest BCUT2D eigenvalue weighted by atomic mass is 19.1. The van der Waals surface area contributed by atoms with Crippen LogP contribution in [-0.2, 0) is 0 Å². The molecule has 7 heteroatoms. The summed E-state index contributed by atoms with van der Waals surface area (Å²) in [6.45, 7) is 0.567. The molecular weight excluding hydrogens is 323 g/mol. The van der Waals surface area contributed by atoms with E-state index >= 15 is 0 Å². The summed E-state index contributed by atoms with van der Waals surface area (Å²) in [6, 6.07) is 8.15. The number of carbonyl (C=O) groups is 1. The molecule has 1 saturated heterocycles. The maximum atomic E-state index is 14.4. The lowest BCUT2D eigenvalue weighted by Crippen LogP contribution is -2.32. The Labute approximate surface area is 146 Å². The van der Waals surface area contributed by atoms with E-state index < -0.39 is 5.82 Å². The average Bonchev–Trinajstić information content (AvgIpc) is 3.11. The predicted molar refractivity (Wildman–Crippen MR) is 92.3 cm³/mol. The number of hydrogen-bond donors (Lipinski definition) is 0. The van der Waals surface area contributed by atoms with Crippen molar-refractivity contribution in [2.45, 2.75) is 18.9 Å². The van der Waals surface area contributed by atoms with Crippen molar-refractivity contribution in [1.29, 1.82) is 0 Å². The van der Waals surface area contributed by atoms with E-state index in [-0.39, 0.29) is 23.3 Å². The van der Waals surface area contributed by atoms with Crippen molar-refractivity contribution in [3.8, 4) is 5.75 Å². The van der Waals surface area contributed by atoms with Crippen LogP contribution in [0.2, 0.25) is 0 Å². The van der Waals surface area contributed by atoms with Gasteiger partial charge in [0, 0.05) is 20.6 Å². The highest BCUT2D eigenvalue weighted by molar-refractivity contribution is 5.95. The van der Waals surface area contributed by atoms with Crippen molar-refractivity contribution in [3.63, 3.8) is 0 Å². The fraction of sp³-hybridized carbons (Fsp3) is 0.389. The van der Waals surface area contributed by atoms with Gasteiger partial charge in [0.15, 0.2) is 17.4 Å². The Morgan fingerprint density at radius 2 is 2.08 bits per heavy atom. The van der Waals surface area contributed by atoms with Crippen molar-refractivity contribution in [2.24, 2.45) is 0 Å². The van der Waals surface area contributed by atoms with E-state index in [0.717, 1.165) is 24.4 Å². The van der Waals surface area contributed by atoms with E-state index in [0.29, 0.717) is 6.54 Å². The quantitative estimate of drug-likeness (QED) is 0.853. The van der Waals surface area contributed by atoms with Crippen molar-refractivity contribution >= 4 is 11.7 Å². The van der Waals surface area contributed by atoms with Gasteiger partial charge in [-0.25, -0.2) is 4.39 Å². The van der Waals surface area contributed by atoms with Gasteiger partial charge < -0.3 is 14.5 Å². The number of rotatable bonds is 4. The highest BCUT2D eigenvalue weighted by Gasteiger charge is 2.33. The van der Waals surface area contributed by atoms with Gasteiger partial charge in [0.25, 0.3) is 5.91 Å². The van der Waals surface area contributed by atoms with E-state index in [1.54, 1.807) is 11.0 Å². The Hall–Kier alpha value is -2.70. The SMILES string of the molecule is COc1cccc(C(=O)N2CCCC2c2ccc(N(C)C)nn2)c1F. The summed E-state index contributed by atoms with van der Waals surface area (Å²) in [7, 11) is 5.16. The van der Waals surface area contributed by atoms with Gasteiger partial charge in [0.2, 0.25) is 0 Å². The normalized spacial score (nSPS) is 16.8. The van der Waals surface area contributed by atoms with E-state index in [9.17, 15) is 9.18 Å². The zero-order valence-electron chi connectivity index (χ0n) is 14.6. The topological polar surface area (TPSA) is 58.6 Å². The van der Waals surface area contributed by atoms with E-state index in [1.807, 2.05) is 31.1 Å². The average molecular weight is 344 g/mol. The second-order valence-corrected chi connectivity index (χ2v) is 6.19. The molecule has 1 unspecified atom stereocenters. The summed E-state index contributed by atoms with van der Waals surface area (Å²) in [5, 5.41) is 8.44. The molecular formula is C18H21FN4O2. The van der Waals surface area contributed by atoms with Gasteiger partial charge in [-0.05, 0) is 37.1 Å². The van der Waals surface area contributed by atoms with Crippen LogP contribution in [0.25, 0.3) is 0 Å². The third-order valence-corrected chi connectivity index (χ3v) is 4.40. The Morgan fingerprint density at radius 3 is 2.72 bits per heavy atom. The van der Waals surface area contributed by atoms with Gasteiger partial charge in [0.05, 0.1) is 24.4 Å². The molecule has 3 rings (SSSR count). The molecule has 0 bridgehead atoms. The highest BCUT2D eigenvalue weighted by Crippen LogP contribution is 2.33. The lowest BCUT2D eigenvalue weighted by molar-refractivity contribution is 0.0727. The molecule has 2 heterocycles. The van der Waals surface area contributed by atoms with Gasteiger partial charge in [-0.15, -0.1) is 5.10 Å². The summed E-state index contributed by atoms with van der Waals surface area (Å²) >= 11 is 0. The number of methoxy groups -OCH3 is 1. The summed E-state index contributed by atoms with van der Waals surface area (Å²) in [4.78, 5) is 16.4.